The highest BCUT2D eigenvalue weighted by Gasteiger charge is 2.54. The van der Waals surface area contributed by atoms with Crippen LogP contribution in [0.4, 0.5) is 60.0 Å². The predicted octanol–water partition coefficient (Wildman–Crippen LogP) is 7.77. The van der Waals surface area contributed by atoms with E-state index in [4.69, 9.17) is 11.6 Å². The van der Waals surface area contributed by atoms with Gasteiger partial charge in [0, 0.05) is 30.7 Å². The molecule has 2 aliphatic rings. The number of anilines is 5. The van der Waals surface area contributed by atoms with Crippen LogP contribution in [0.1, 0.15) is 35.4 Å². The molecule has 262 valence electrons. The average molecular weight is 720 g/mol. The van der Waals surface area contributed by atoms with Crippen LogP contribution in [0.25, 0.3) is 0 Å². The van der Waals surface area contributed by atoms with E-state index in [0.717, 1.165) is 67.0 Å². The molecular formula is C33H28ClF6N7O3. The van der Waals surface area contributed by atoms with Crippen molar-refractivity contribution in [1.82, 2.24) is 19.9 Å². The molecule has 1 fully saturated rings. The van der Waals surface area contributed by atoms with Crippen molar-refractivity contribution in [2.45, 2.75) is 44.0 Å². The maximum Gasteiger partial charge on any atom is 0.458 e. The monoisotopic (exact) mass is 719 g/mol. The zero-order valence-electron chi connectivity index (χ0n) is 25.9. The molecule has 4 aromatic rings. The van der Waals surface area contributed by atoms with Crippen LogP contribution in [-0.2, 0) is 22.4 Å². The van der Waals surface area contributed by atoms with Gasteiger partial charge in [-0.25, -0.2) is 9.78 Å². The van der Waals surface area contributed by atoms with E-state index < -0.39 is 23.9 Å². The quantitative estimate of drug-likeness (QED) is 0.145. The summed E-state index contributed by atoms with van der Waals surface area (Å²) in [6.45, 7) is 1.47. The number of halogens is 7. The minimum absolute atomic E-state index is 0.0623. The first-order chi connectivity index (χ1) is 23.7. The maximum absolute atomic E-state index is 13.3. The number of Topliss-reactive ketones (excluding diaryl/α,β-unsaturated/α-hetero) is 2. The van der Waals surface area contributed by atoms with Gasteiger partial charge in [0.25, 0.3) is 0 Å². The van der Waals surface area contributed by atoms with Crippen molar-refractivity contribution >= 4 is 58.0 Å². The lowest BCUT2D eigenvalue weighted by Gasteiger charge is -2.32. The number of hydrogen-bond acceptors (Lipinski definition) is 8. The molecule has 6 rings (SSSR count). The van der Waals surface area contributed by atoms with Crippen LogP contribution in [0, 0.1) is 0 Å². The fourth-order valence-corrected chi connectivity index (χ4v) is 5.48. The summed E-state index contributed by atoms with van der Waals surface area (Å²) in [7, 11) is 0. The standard InChI is InChI=1S/C29H28ClN7O.C4F6O2/c30-25-18-32-28-34-24-14-19(16-31-17-24)6-7-22-15-23(33-27(25)36-28)8-9-26(22)35-29(38)37-12-10-21(11-13-37)20-4-2-1-3-5-20;5-3(6,7)1(11)2(12)4(8,9)10/h1-5,8-9,14-18,21H,6-7,10-13H2,(H,35,38)(H2,32,33,34,36);. The first kappa shape index (κ1) is 36.0. The molecule has 17 heteroatoms. The first-order valence-corrected chi connectivity index (χ1v) is 15.5. The lowest BCUT2D eigenvalue weighted by molar-refractivity contribution is -0.193. The Morgan fingerprint density at radius 3 is 2.16 bits per heavy atom. The molecule has 0 aliphatic carbocycles. The summed E-state index contributed by atoms with van der Waals surface area (Å²) in [6, 6.07) is 18.4. The molecule has 4 heterocycles. The number of fused-ring (bicyclic) bond motifs is 6. The zero-order chi connectivity index (χ0) is 36.1. The molecule has 2 aromatic carbocycles. The molecule has 0 saturated carbocycles. The molecule has 2 amide bonds. The number of likely N-dealkylation sites (tertiary alicyclic amines) is 1. The number of piperidine rings is 1. The van der Waals surface area contributed by atoms with Gasteiger partial charge in [-0.1, -0.05) is 41.9 Å². The van der Waals surface area contributed by atoms with Crippen LogP contribution in [-0.4, -0.2) is 62.9 Å². The number of carbonyl (C=O) groups is 3. The lowest BCUT2D eigenvalue weighted by atomic mass is 9.90. The van der Waals surface area contributed by atoms with Gasteiger partial charge in [-0.2, -0.15) is 31.3 Å². The molecule has 1 saturated heterocycles. The van der Waals surface area contributed by atoms with Crippen LogP contribution < -0.4 is 16.0 Å². The summed E-state index contributed by atoms with van der Waals surface area (Å²) < 4.78 is 67.0. The number of alkyl halides is 6. The summed E-state index contributed by atoms with van der Waals surface area (Å²) in [5, 5.41) is 10.1. The number of urea groups is 1. The van der Waals surface area contributed by atoms with Crippen molar-refractivity contribution in [3.8, 4) is 0 Å². The second-order valence-corrected chi connectivity index (χ2v) is 11.8. The average Bonchev–Trinajstić information content (AvgIpc) is 3.09. The Hall–Kier alpha value is -5.25. The van der Waals surface area contributed by atoms with Crippen molar-refractivity contribution < 1.29 is 40.7 Å². The highest BCUT2D eigenvalue weighted by atomic mass is 35.5. The molecule has 0 unspecified atom stereocenters. The Balaban J connectivity index is 0.000000349. The Labute approximate surface area is 286 Å². The van der Waals surface area contributed by atoms with Gasteiger partial charge in [0.1, 0.15) is 5.02 Å². The van der Waals surface area contributed by atoms with Gasteiger partial charge in [0.15, 0.2) is 5.82 Å². The van der Waals surface area contributed by atoms with E-state index in [-0.39, 0.29) is 6.03 Å². The van der Waals surface area contributed by atoms with E-state index in [9.17, 15) is 40.7 Å². The van der Waals surface area contributed by atoms with Gasteiger partial charge in [-0.15, -0.1) is 0 Å². The topological polar surface area (TPSA) is 129 Å². The van der Waals surface area contributed by atoms with E-state index in [2.05, 4.69) is 55.2 Å². The number of pyridine rings is 1. The Morgan fingerprint density at radius 1 is 0.820 bits per heavy atom. The lowest BCUT2D eigenvalue weighted by Crippen LogP contribution is -2.40. The van der Waals surface area contributed by atoms with Crippen molar-refractivity contribution in [3.63, 3.8) is 0 Å². The molecule has 50 heavy (non-hydrogen) atoms. The van der Waals surface area contributed by atoms with Gasteiger partial charge in [-0.3, -0.25) is 14.6 Å². The summed E-state index contributed by atoms with van der Waals surface area (Å²) in [5.41, 5.74) is 5.88. The van der Waals surface area contributed by atoms with Crippen molar-refractivity contribution in [2.75, 3.05) is 29.0 Å². The Morgan fingerprint density at radius 2 is 1.50 bits per heavy atom. The smallest absolute Gasteiger partial charge is 0.339 e. The number of nitrogens with zero attached hydrogens (tertiary/aromatic N) is 4. The van der Waals surface area contributed by atoms with Crippen LogP contribution in [0.3, 0.4) is 0 Å². The van der Waals surface area contributed by atoms with Crippen LogP contribution >= 0.6 is 11.6 Å². The molecular weight excluding hydrogens is 692 g/mol. The van der Waals surface area contributed by atoms with E-state index in [0.29, 0.717) is 22.7 Å². The molecule has 10 nitrogen and oxygen atoms in total. The number of aromatic nitrogens is 3. The second kappa shape index (κ2) is 15.1. The zero-order valence-corrected chi connectivity index (χ0v) is 26.7. The number of amides is 2. The van der Waals surface area contributed by atoms with Gasteiger partial charge < -0.3 is 20.9 Å². The SMILES string of the molecule is O=C(C(=O)C(F)(F)F)C(F)(F)F.O=C(Nc1ccc2cc1CCc1cncc(c1)Nc1ncc(Cl)c(n1)N2)N1CCC(c2ccccc2)CC1. The molecule has 3 N–H and O–H groups in total. The van der Waals surface area contributed by atoms with Gasteiger partial charge >= 0.3 is 30.0 Å². The van der Waals surface area contributed by atoms with E-state index >= 15 is 0 Å². The normalized spacial score (nSPS) is 14.7. The van der Waals surface area contributed by atoms with Gasteiger partial charge in [0.2, 0.25) is 5.95 Å². The minimum Gasteiger partial charge on any atom is -0.339 e. The number of aryl methyl sites for hydroxylation is 2. The summed E-state index contributed by atoms with van der Waals surface area (Å²) in [4.78, 5) is 47.6. The summed E-state index contributed by atoms with van der Waals surface area (Å²) in [5.74, 6) is -5.39. The van der Waals surface area contributed by atoms with Crippen molar-refractivity contribution in [3.05, 3.63) is 94.9 Å². The summed E-state index contributed by atoms with van der Waals surface area (Å²) in [6.07, 6.45) is -2.97. The van der Waals surface area contributed by atoms with E-state index in [1.54, 1.807) is 12.4 Å². The Bertz CT molecular complexity index is 1840. The first-order valence-electron chi connectivity index (χ1n) is 15.1. The molecule has 0 spiro atoms. The second-order valence-electron chi connectivity index (χ2n) is 11.3. The fourth-order valence-electron chi connectivity index (χ4n) is 5.35. The number of carbonyl (C=O) groups excluding carboxylic acids is 3. The van der Waals surface area contributed by atoms with E-state index in [1.165, 1.54) is 5.56 Å². The number of benzene rings is 2. The van der Waals surface area contributed by atoms with Crippen LogP contribution in [0.2, 0.25) is 5.02 Å². The third-order valence-corrected chi connectivity index (χ3v) is 8.14. The molecule has 0 radical (unpaired) electrons. The van der Waals surface area contributed by atoms with Gasteiger partial charge in [0.05, 0.1) is 18.1 Å². The highest BCUT2D eigenvalue weighted by Crippen LogP contribution is 2.31. The third-order valence-electron chi connectivity index (χ3n) is 7.86. The minimum atomic E-state index is -5.77. The molecule has 6 bridgehead atoms. The summed E-state index contributed by atoms with van der Waals surface area (Å²) >= 11 is 6.38. The Kier molecular flexibility index (Phi) is 10.9. The maximum atomic E-state index is 13.3. The molecule has 2 aliphatic heterocycles. The van der Waals surface area contributed by atoms with Crippen molar-refractivity contribution in [2.24, 2.45) is 0 Å². The molecule has 2 aromatic heterocycles. The van der Waals surface area contributed by atoms with Gasteiger partial charge in [-0.05, 0) is 72.6 Å². The largest absolute Gasteiger partial charge is 0.458 e. The third kappa shape index (κ3) is 9.25. The predicted molar refractivity (Wildman–Crippen MR) is 173 cm³/mol. The number of hydrogen-bond donors (Lipinski definition) is 3. The van der Waals surface area contributed by atoms with Crippen LogP contribution in [0.15, 0.2) is 73.2 Å². The number of nitrogens with one attached hydrogen (secondary N) is 3. The van der Waals surface area contributed by atoms with Crippen molar-refractivity contribution in [1.29, 1.82) is 0 Å². The highest BCUT2D eigenvalue weighted by molar-refractivity contribution is 6.41. The number of ketones is 2. The number of rotatable bonds is 3. The fraction of sp³-hybridized carbons (Fsp3) is 0.273. The van der Waals surface area contributed by atoms with Crippen LogP contribution in [0.5, 0.6) is 0 Å². The van der Waals surface area contributed by atoms with E-state index in [1.807, 2.05) is 41.4 Å². The molecule has 0 atom stereocenters.